The van der Waals surface area contributed by atoms with Crippen LogP contribution in [0.15, 0.2) is 45.1 Å². The summed E-state index contributed by atoms with van der Waals surface area (Å²) in [7, 11) is 0. The van der Waals surface area contributed by atoms with Gasteiger partial charge in [-0.15, -0.1) is 23.1 Å². The molecule has 0 saturated carbocycles. The van der Waals surface area contributed by atoms with Gasteiger partial charge in [-0.3, -0.25) is 0 Å². The van der Waals surface area contributed by atoms with Crippen LogP contribution in [0.25, 0.3) is 0 Å². The molecular weight excluding hydrogens is 326 g/mol. The van der Waals surface area contributed by atoms with Crippen molar-refractivity contribution < 1.29 is 0 Å². The minimum absolute atomic E-state index is 0.377. The maximum absolute atomic E-state index is 3.55. The van der Waals surface area contributed by atoms with E-state index in [0.29, 0.717) is 6.04 Å². The Morgan fingerprint density at radius 1 is 1.22 bits per heavy atom. The molecule has 0 fully saturated rings. The molecule has 1 aromatic carbocycles. The summed E-state index contributed by atoms with van der Waals surface area (Å²) in [5.74, 6) is 0. The molecule has 0 amide bonds. The van der Waals surface area contributed by atoms with Gasteiger partial charge in [0.15, 0.2) is 0 Å². The van der Waals surface area contributed by atoms with E-state index < -0.39 is 0 Å². The molecule has 1 heterocycles. The number of rotatable bonds is 5. The highest BCUT2D eigenvalue weighted by Gasteiger charge is 2.05. The Kier molecular flexibility index (Phi) is 5.30. The van der Waals surface area contributed by atoms with E-state index in [1.165, 1.54) is 19.1 Å². The summed E-state index contributed by atoms with van der Waals surface area (Å²) in [5.41, 5.74) is 1.34. The van der Waals surface area contributed by atoms with Gasteiger partial charge in [0, 0.05) is 22.4 Å². The van der Waals surface area contributed by atoms with Crippen molar-refractivity contribution in [3.05, 3.63) is 50.6 Å². The molecule has 1 atom stereocenters. The Morgan fingerprint density at radius 2 is 1.94 bits per heavy atom. The first kappa shape index (κ1) is 14.1. The number of thioether (sulfide) groups is 1. The summed E-state index contributed by atoms with van der Waals surface area (Å²) >= 11 is 7.05. The first-order chi connectivity index (χ1) is 8.69. The van der Waals surface area contributed by atoms with Gasteiger partial charge in [0.05, 0.1) is 3.79 Å². The molecule has 2 aromatic rings. The lowest BCUT2D eigenvalue weighted by Crippen LogP contribution is -2.17. The van der Waals surface area contributed by atoms with Crippen LogP contribution in [-0.2, 0) is 6.54 Å². The van der Waals surface area contributed by atoms with Crippen molar-refractivity contribution in [3.8, 4) is 0 Å². The molecule has 0 saturated heterocycles. The molecular formula is C14H16BrNS2. The van der Waals surface area contributed by atoms with Gasteiger partial charge < -0.3 is 5.32 Å². The van der Waals surface area contributed by atoms with Gasteiger partial charge in [0.2, 0.25) is 0 Å². The fraction of sp³-hybridized carbons (Fsp3) is 0.286. The first-order valence-corrected chi connectivity index (χ1v) is 8.64. The molecule has 0 radical (unpaired) electrons. The molecule has 1 N–H and O–H groups in total. The minimum Gasteiger partial charge on any atom is -0.305 e. The van der Waals surface area contributed by atoms with Crippen LogP contribution >= 0.6 is 39.0 Å². The van der Waals surface area contributed by atoms with Crippen LogP contribution in [0.4, 0.5) is 0 Å². The second-order valence-electron chi connectivity index (χ2n) is 4.08. The lowest BCUT2D eigenvalue weighted by molar-refractivity contribution is 0.578. The van der Waals surface area contributed by atoms with Gasteiger partial charge in [-0.1, -0.05) is 12.1 Å². The number of hydrogen-bond donors (Lipinski definition) is 1. The fourth-order valence-corrected chi connectivity index (χ4v) is 3.55. The molecule has 0 aliphatic rings. The van der Waals surface area contributed by atoms with Gasteiger partial charge in [-0.2, -0.15) is 0 Å². The van der Waals surface area contributed by atoms with Crippen molar-refractivity contribution >= 4 is 39.0 Å². The van der Waals surface area contributed by atoms with Crippen molar-refractivity contribution in [2.45, 2.75) is 24.4 Å². The zero-order valence-corrected chi connectivity index (χ0v) is 13.7. The Labute approximate surface area is 125 Å². The highest BCUT2D eigenvalue weighted by molar-refractivity contribution is 9.11. The van der Waals surface area contributed by atoms with Crippen LogP contribution in [0.2, 0.25) is 0 Å². The quantitative estimate of drug-likeness (QED) is 0.760. The van der Waals surface area contributed by atoms with Crippen LogP contribution in [-0.4, -0.2) is 6.26 Å². The molecule has 1 aromatic heterocycles. The molecule has 4 heteroatoms. The van der Waals surface area contributed by atoms with Crippen molar-refractivity contribution in [1.82, 2.24) is 5.32 Å². The monoisotopic (exact) mass is 341 g/mol. The summed E-state index contributed by atoms with van der Waals surface area (Å²) in [6.07, 6.45) is 2.10. The van der Waals surface area contributed by atoms with Gasteiger partial charge in [-0.05, 0) is 58.9 Å². The first-order valence-electron chi connectivity index (χ1n) is 5.80. The van der Waals surface area contributed by atoms with Crippen LogP contribution < -0.4 is 5.32 Å². The van der Waals surface area contributed by atoms with Crippen molar-refractivity contribution in [2.24, 2.45) is 0 Å². The van der Waals surface area contributed by atoms with E-state index in [1.54, 1.807) is 23.1 Å². The average molecular weight is 342 g/mol. The molecule has 1 nitrogen and oxygen atoms in total. The maximum Gasteiger partial charge on any atom is 0.0701 e. The van der Waals surface area contributed by atoms with Crippen LogP contribution in [0, 0.1) is 0 Å². The van der Waals surface area contributed by atoms with E-state index in [2.05, 4.69) is 70.8 Å². The molecule has 0 spiro atoms. The Morgan fingerprint density at radius 3 is 2.50 bits per heavy atom. The summed E-state index contributed by atoms with van der Waals surface area (Å²) < 4.78 is 1.19. The number of benzene rings is 1. The van der Waals surface area contributed by atoms with Gasteiger partial charge in [-0.25, -0.2) is 0 Å². The SMILES string of the molecule is CSc1ccc(C(C)NCc2ccc(Br)s2)cc1. The topological polar surface area (TPSA) is 12.0 Å². The zero-order chi connectivity index (χ0) is 13.0. The molecule has 0 aliphatic carbocycles. The number of nitrogens with one attached hydrogen (secondary N) is 1. The number of thiophene rings is 1. The van der Waals surface area contributed by atoms with E-state index in [1.807, 2.05) is 0 Å². The Balaban J connectivity index is 1.92. The summed E-state index contributed by atoms with van der Waals surface area (Å²) in [5, 5.41) is 3.55. The number of halogens is 1. The van der Waals surface area contributed by atoms with E-state index in [-0.39, 0.29) is 0 Å². The summed E-state index contributed by atoms with van der Waals surface area (Å²) in [6.45, 7) is 3.12. The molecule has 18 heavy (non-hydrogen) atoms. The molecule has 0 bridgehead atoms. The largest absolute Gasteiger partial charge is 0.305 e. The Hall–Kier alpha value is -0.290. The summed E-state index contributed by atoms with van der Waals surface area (Å²) in [6, 6.07) is 13.4. The Bertz CT molecular complexity index is 493. The minimum atomic E-state index is 0.377. The smallest absolute Gasteiger partial charge is 0.0701 e. The van der Waals surface area contributed by atoms with E-state index in [9.17, 15) is 0 Å². The predicted octanol–water partition coefficient (Wildman–Crippen LogP) is 5.08. The van der Waals surface area contributed by atoms with Crippen LogP contribution in [0.3, 0.4) is 0 Å². The van der Waals surface area contributed by atoms with Gasteiger partial charge >= 0.3 is 0 Å². The second kappa shape index (κ2) is 6.75. The predicted molar refractivity (Wildman–Crippen MR) is 85.5 cm³/mol. The maximum atomic E-state index is 3.55. The molecule has 96 valence electrons. The van der Waals surface area contributed by atoms with Crippen molar-refractivity contribution in [2.75, 3.05) is 6.26 Å². The highest BCUT2D eigenvalue weighted by atomic mass is 79.9. The average Bonchev–Trinajstić information content (AvgIpc) is 2.82. The highest BCUT2D eigenvalue weighted by Crippen LogP contribution is 2.23. The molecule has 1 unspecified atom stereocenters. The van der Waals surface area contributed by atoms with Crippen LogP contribution in [0.5, 0.6) is 0 Å². The van der Waals surface area contributed by atoms with Gasteiger partial charge in [0.25, 0.3) is 0 Å². The van der Waals surface area contributed by atoms with E-state index in [0.717, 1.165) is 6.54 Å². The third-order valence-corrected chi connectivity index (χ3v) is 5.19. The fourth-order valence-electron chi connectivity index (χ4n) is 1.71. The van der Waals surface area contributed by atoms with E-state index in [4.69, 9.17) is 0 Å². The third-order valence-electron chi connectivity index (χ3n) is 2.83. The van der Waals surface area contributed by atoms with Crippen molar-refractivity contribution in [1.29, 1.82) is 0 Å². The molecule has 2 rings (SSSR count). The summed E-state index contributed by atoms with van der Waals surface area (Å²) in [4.78, 5) is 2.67. The van der Waals surface area contributed by atoms with Crippen LogP contribution in [0.1, 0.15) is 23.4 Å². The van der Waals surface area contributed by atoms with E-state index >= 15 is 0 Å². The second-order valence-corrected chi connectivity index (χ2v) is 7.51. The normalized spacial score (nSPS) is 12.6. The third kappa shape index (κ3) is 3.85. The standard InChI is InChI=1S/C14H16BrNS2/c1-10(11-3-5-12(17-2)6-4-11)16-9-13-7-8-14(15)18-13/h3-8,10,16H,9H2,1-2H3. The van der Waals surface area contributed by atoms with Gasteiger partial charge in [0.1, 0.15) is 0 Å². The zero-order valence-electron chi connectivity index (χ0n) is 10.4. The lowest BCUT2D eigenvalue weighted by atomic mass is 10.1. The molecule has 0 aliphatic heterocycles. The number of hydrogen-bond acceptors (Lipinski definition) is 3. The lowest BCUT2D eigenvalue weighted by Gasteiger charge is -2.13. The van der Waals surface area contributed by atoms with Crippen molar-refractivity contribution in [3.63, 3.8) is 0 Å².